The highest BCUT2D eigenvalue weighted by atomic mass is 16.4. The topological polar surface area (TPSA) is 72.2 Å². The predicted octanol–water partition coefficient (Wildman–Crippen LogP) is 1.63. The van der Waals surface area contributed by atoms with Gasteiger partial charge in [0.25, 0.3) is 0 Å². The van der Waals surface area contributed by atoms with Gasteiger partial charge >= 0.3 is 5.97 Å². The zero-order chi connectivity index (χ0) is 12.6. The molecule has 5 nitrogen and oxygen atoms in total. The number of aromatic nitrogens is 2. The first-order valence-corrected chi connectivity index (χ1v) is 5.19. The van der Waals surface area contributed by atoms with Crippen LogP contribution in [0.3, 0.4) is 0 Å². The summed E-state index contributed by atoms with van der Waals surface area (Å²) in [6.07, 6.45) is 1.55. The smallest absolute Gasteiger partial charge is 0.307 e. The number of carbonyl (C=O) groups is 2. The van der Waals surface area contributed by atoms with Crippen LogP contribution in [0.5, 0.6) is 0 Å². The molecule has 0 radical (unpaired) electrons. The Bertz CT molecular complexity index is 613. The average Bonchev–Trinajstić information content (AvgIpc) is 2.60. The van der Waals surface area contributed by atoms with E-state index in [1.165, 1.54) is 11.6 Å². The van der Waals surface area contributed by atoms with Crippen LogP contribution in [-0.2, 0) is 11.2 Å². The Kier molecular flexibility index (Phi) is 2.67. The summed E-state index contributed by atoms with van der Waals surface area (Å²) < 4.78 is 1.33. The van der Waals surface area contributed by atoms with E-state index in [1.54, 1.807) is 18.3 Å². The van der Waals surface area contributed by atoms with E-state index in [-0.39, 0.29) is 12.3 Å². The van der Waals surface area contributed by atoms with Gasteiger partial charge < -0.3 is 5.11 Å². The molecule has 0 saturated heterocycles. The van der Waals surface area contributed by atoms with Crippen LogP contribution < -0.4 is 0 Å². The summed E-state index contributed by atoms with van der Waals surface area (Å²) in [6, 6.07) is 3.53. The summed E-state index contributed by atoms with van der Waals surface area (Å²) in [5.41, 5.74) is 2.31. The molecule has 0 aliphatic rings. The quantitative estimate of drug-likeness (QED) is 0.854. The van der Waals surface area contributed by atoms with Crippen molar-refractivity contribution < 1.29 is 14.7 Å². The van der Waals surface area contributed by atoms with E-state index in [1.807, 2.05) is 6.92 Å². The number of carboxylic acid groups (broad SMARTS) is 1. The van der Waals surface area contributed by atoms with Crippen molar-refractivity contribution in [3.8, 4) is 0 Å². The molecule has 0 saturated carbocycles. The highest BCUT2D eigenvalue weighted by molar-refractivity contribution is 5.92. The van der Waals surface area contributed by atoms with Crippen LogP contribution in [0.4, 0.5) is 0 Å². The van der Waals surface area contributed by atoms with Gasteiger partial charge in [0.15, 0.2) is 0 Å². The Morgan fingerprint density at radius 3 is 2.71 bits per heavy atom. The average molecular weight is 232 g/mol. The van der Waals surface area contributed by atoms with Crippen LogP contribution >= 0.6 is 0 Å². The van der Waals surface area contributed by atoms with Gasteiger partial charge in [0.1, 0.15) is 0 Å². The number of aliphatic carboxylic acids is 1. The monoisotopic (exact) mass is 232 g/mol. The SMILES string of the molecule is CC(=O)n1ncc2cc(CC(=O)O)cc(C)c21. The number of carbonyl (C=O) groups excluding carboxylic acids is 1. The first-order valence-electron chi connectivity index (χ1n) is 5.19. The van der Waals surface area contributed by atoms with Gasteiger partial charge in [0.05, 0.1) is 18.1 Å². The number of benzene rings is 1. The molecular formula is C12H12N2O3. The molecule has 1 N–H and O–H groups in total. The standard InChI is InChI=1S/C12H12N2O3/c1-7-3-9(5-11(16)17)4-10-6-13-14(8(2)15)12(7)10/h3-4,6H,5H2,1-2H3,(H,16,17). The highest BCUT2D eigenvalue weighted by Crippen LogP contribution is 2.21. The summed E-state index contributed by atoms with van der Waals surface area (Å²) >= 11 is 0. The van der Waals surface area contributed by atoms with Gasteiger partial charge in [-0.3, -0.25) is 9.59 Å². The number of hydrogen-bond donors (Lipinski definition) is 1. The fourth-order valence-electron chi connectivity index (χ4n) is 1.96. The van der Waals surface area contributed by atoms with Gasteiger partial charge in [0, 0.05) is 12.3 Å². The normalized spacial score (nSPS) is 10.7. The maximum absolute atomic E-state index is 11.3. The minimum Gasteiger partial charge on any atom is -0.481 e. The second-order valence-electron chi connectivity index (χ2n) is 4.00. The molecule has 1 aromatic carbocycles. The van der Waals surface area contributed by atoms with Gasteiger partial charge in [0.2, 0.25) is 5.91 Å². The van der Waals surface area contributed by atoms with E-state index >= 15 is 0 Å². The Labute approximate surface area is 97.7 Å². The Hall–Kier alpha value is -2.17. The molecule has 5 heteroatoms. The van der Waals surface area contributed by atoms with Gasteiger partial charge in [-0.1, -0.05) is 6.07 Å². The third-order valence-electron chi connectivity index (χ3n) is 2.57. The van der Waals surface area contributed by atoms with Crippen molar-refractivity contribution >= 4 is 22.8 Å². The third kappa shape index (κ3) is 2.04. The molecule has 0 bridgehead atoms. The molecule has 2 aromatic rings. The molecule has 0 atom stereocenters. The molecular weight excluding hydrogens is 220 g/mol. The van der Waals surface area contributed by atoms with Crippen molar-refractivity contribution in [3.63, 3.8) is 0 Å². The summed E-state index contributed by atoms with van der Waals surface area (Å²) in [5, 5.41) is 13.5. The zero-order valence-electron chi connectivity index (χ0n) is 9.60. The van der Waals surface area contributed by atoms with Gasteiger partial charge in [-0.25, -0.2) is 4.68 Å². The minimum absolute atomic E-state index is 0.0258. The summed E-state index contributed by atoms with van der Waals surface area (Å²) in [5.74, 6) is -1.03. The number of nitrogens with zero attached hydrogens (tertiary/aromatic N) is 2. The lowest BCUT2D eigenvalue weighted by atomic mass is 10.1. The molecule has 17 heavy (non-hydrogen) atoms. The molecule has 0 fully saturated rings. The molecule has 0 aliphatic heterocycles. The molecule has 0 amide bonds. The first kappa shape index (κ1) is 11.3. The lowest BCUT2D eigenvalue weighted by Gasteiger charge is -2.04. The van der Waals surface area contributed by atoms with Crippen LogP contribution in [-0.4, -0.2) is 26.8 Å². The fraction of sp³-hybridized carbons (Fsp3) is 0.250. The van der Waals surface area contributed by atoms with Crippen molar-refractivity contribution in [1.29, 1.82) is 0 Å². The molecule has 0 aliphatic carbocycles. The first-order chi connectivity index (χ1) is 7.99. The number of aryl methyl sites for hydroxylation is 1. The Morgan fingerprint density at radius 2 is 2.12 bits per heavy atom. The van der Waals surface area contributed by atoms with E-state index < -0.39 is 5.97 Å². The highest BCUT2D eigenvalue weighted by Gasteiger charge is 2.11. The van der Waals surface area contributed by atoms with Crippen LogP contribution in [0.25, 0.3) is 10.9 Å². The maximum Gasteiger partial charge on any atom is 0.307 e. The summed E-state index contributed by atoms with van der Waals surface area (Å²) in [4.78, 5) is 22.0. The second kappa shape index (κ2) is 4.01. The fourth-order valence-corrected chi connectivity index (χ4v) is 1.96. The molecule has 1 aromatic heterocycles. The van der Waals surface area contributed by atoms with Crippen molar-refractivity contribution in [2.24, 2.45) is 0 Å². The van der Waals surface area contributed by atoms with Crippen LogP contribution in [0.2, 0.25) is 0 Å². The van der Waals surface area contributed by atoms with E-state index in [0.29, 0.717) is 5.56 Å². The van der Waals surface area contributed by atoms with Crippen molar-refractivity contribution in [2.75, 3.05) is 0 Å². The molecule has 0 spiro atoms. The van der Waals surface area contributed by atoms with E-state index in [9.17, 15) is 9.59 Å². The molecule has 88 valence electrons. The maximum atomic E-state index is 11.3. The number of hydrogen-bond acceptors (Lipinski definition) is 3. The summed E-state index contributed by atoms with van der Waals surface area (Å²) in [7, 11) is 0. The van der Waals surface area contributed by atoms with Gasteiger partial charge in [-0.05, 0) is 24.1 Å². The Morgan fingerprint density at radius 1 is 1.41 bits per heavy atom. The molecule has 1 heterocycles. The number of fused-ring (bicyclic) bond motifs is 1. The summed E-state index contributed by atoms with van der Waals surface area (Å²) in [6.45, 7) is 3.28. The van der Waals surface area contributed by atoms with E-state index in [2.05, 4.69) is 5.10 Å². The van der Waals surface area contributed by atoms with Gasteiger partial charge in [-0.15, -0.1) is 0 Å². The number of rotatable bonds is 2. The van der Waals surface area contributed by atoms with Crippen molar-refractivity contribution in [3.05, 3.63) is 29.5 Å². The van der Waals surface area contributed by atoms with Crippen LogP contribution in [0.15, 0.2) is 18.3 Å². The number of carboxylic acids is 1. The second-order valence-corrected chi connectivity index (χ2v) is 4.00. The van der Waals surface area contributed by atoms with E-state index in [0.717, 1.165) is 16.5 Å². The van der Waals surface area contributed by atoms with Crippen LogP contribution in [0.1, 0.15) is 22.8 Å². The van der Waals surface area contributed by atoms with Crippen molar-refractivity contribution in [2.45, 2.75) is 20.3 Å². The van der Waals surface area contributed by atoms with Crippen LogP contribution in [0, 0.1) is 6.92 Å². The molecule has 0 unspecified atom stereocenters. The third-order valence-corrected chi connectivity index (χ3v) is 2.57. The minimum atomic E-state index is -0.872. The largest absolute Gasteiger partial charge is 0.481 e. The zero-order valence-corrected chi connectivity index (χ0v) is 9.60. The lowest BCUT2D eigenvalue weighted by molar-refractivity contribution is -0.136. The van der Waals surface area contributed by atoms with Crippen molar-refractivity contribution in [1.82, 2.24) is 9.78 Å². The molecule has 2 rings (SSSR count). The Balaban J connectivity index is 2.61. The van der Waals surface area contributed by atoms with Gasteiger partial charge in [-0.2, -0.15) is 5.10 Å². The predicted molar refractivity (Wildman–Crippen MR) is 62.1 cm³/mol. The lowest BCUT2D eigenvalue weighted by Crippen LogP contribution is -2.08. The van der Waals surface area contributed by atoms with E-state index in [4.69, 9.17) is 5.11 Å².